The van der Waals surface area contributed by atoms with Crippen molar-refractivity contribution in [3.8, 4) is 5.75 Å². The van der Waals surface area contributed by atoms with E-state index in [1.54, 1.807) is 7.11 Å². The number of ether oxygens (including phenoxy) is 2. The molecule has 0 spiro atoms. The molecule has 0 radical (unpaired) electrons. The molecule has 1 heterocycles. The molecule has 1 aromatic rings. The molecule has 0 bridgehead atoms. The van der Waals surface area contributed by atoms with Crippen molar-refractivity contribution >= 4 is 11.6 Å². The summed E-state index contributed by atoms with van der Waals surface area (Å²) in [5.74, 6) is 1.47. The Bertz CT molecular complexity index is 405. The number of methoxy groups -OCH3 is 1. The average molecular weight is 284 g/mol. The van der Waals surface area contributed by atoms with Gasteiger partial charge in [-0.2, -0.15) is 0 Å². The molecule has 1 aromatic carbocycles. The molecule has 1 fully saturated rings. The Morgan fingerprint density at radius 1 is 1.42 bits per heavy atom. The highest BCUT2D eigenvalue weighted by molar-refractivity contribution is 6.30. The maximum Gasteiger partial charge on any atom is 0.123 e. The highest BCUT2D eigenvalue weighted by Crippen LogP contribution is 2.36. The third-order valence-electron chi connectivity index (χ3n) is 3.69. The van der Waals surface area contributed by atoms with E-state index in [0.29, 0.717) is 5.92 Å². The lowest BCUT2D eigenvalue weighted by atomic mass is 9.86. The van der Waals surface area contributed by atoms with Crippen LogP contribution in [-0.4, -0.2) is 26.9 Å². The predicted octanol–water partition coefficient (Wildman–Crippen LogP) is 3.43. The minimum absolute atomic E-state index is 0.280. The normalized spacial score (nSPS) is 18.3. The summed E-state index contributed by atoms with van der Waals surface area (Å²) in [6, 6.07) is 6.11. The van der Waals surface area contributed by atoms with Crippen LogP contribution in [0.3, 0.4) is 0 Å². The minimum atomic E-state index is 0.280. The summed E-state index contributed by atoms with van der Waals surface area (Å²) in [4.78, 5) is 0. The first kappa shape index (κ1) is 14.6. The third-order valence-corrected chi connectivity index (χ3v) is 3.92. The van der Waals surface area contributed by atoms with Gasteiger partial charge in [-0.1, -0.05) is 18.5 Å². The largest absolute Gasteiger partial charge is 0.496 e. The number of hydrogen-bond donors (Lipinski definition) is 1. The first-order chi connectivity index (χ1) is 9.26. The lowest BCUT2D eigenvalue weighted by molar-refractivity contribution is 0.0535. The second-order valence-corrected chi connectivity index (χ2v) is 5.31. The standard InChI is InChI=1S/C15H22ClNO2/c1-3-17-15(11-6-8-19-9-7-11)13-10-12(16)4-5-14(13)18-2/h4-5,10-11,15,17H,3,6-9H2,1-2H3. The number of hydrogen-bond acceptors (Lipinski definition) is 3. The zero-order valence-corrected chi connectivity index (χ0v) is 12.4. The van der Waals surface area contributed by atoms with Crippen LogP contribution in [0.1, 0.15) is 31.4 Å². The Labute approximate surface area is 120 Å². The molecule has 1 unspecified atom stereocenters. The molecule has 1 saturated heterocycles. The van der Waals surface area contributed by atoms with Crippen molar-refractivity contribution in [3.05, 3.63) is 28.8 Å². The Morgan fingerprint density at radius 2 is 2.16 bits per heavy atom. The van der Waals surface area contributed by atoms with Gasteiger partial charge in [0.25, 0.3) is 0 Å². The maximum absolute atomic E-state index is 6.15. The smallest absolute Gasteiger partial charge is 0.123 e. The summed E-state index contributed by atoms with van der Waals surface area (Å²) < 4.78 is 10.9. The third kappa shape index (κ3) is 3.62. The first-order valence-corrected chi connectivity index (χ1v) is 7.28. The highest BCUT2D eigenvalue weighted by atomic mass is 35.5. The van der Waals surface area contributed by atoms with Crippen molar-refractivity contribution in [2.24, 2.45) is 5.92 Å². The molecule has 19 heavy (non-hydrogen) atoms. The number of benzene rings is 1. The van der Waals surface area contributed by atoms with E-state index < -0.39 is 0 Å². The Morgan fingerprint density at radius 3 is 2.79 bits per heavy atom. The van der Waals surface area contributed by atoms with Gasteiger partial charge < -0.3 is 14.8 Å². The van der Waals surface area contributed by atoms with Crippen LogP contribution in [0.15, 0.2) is 18.2 Å². The van der Waals surface area contributed by atoms with E-state index in [0.717, 1.165) is 48.9 Å². The lowest BCUT2D eigenvalue weighted by Crippen LogP contribution is -2.32. The Kier molecular flexibility index (Phi) is 5.49. The van der Waals surface area contributed by atoms with Crippen molar-refractivity contribution < 1.29 is 9.47 Å². The van der Waals surface area contributed by atoms with Crippen molar-refractivity contribution in [1.29, 1.82) is 0 Å². The second kappa shape index (κ2) is 7.13. The van der Waals surface area contributed by atoms with Gasteiger partial charge in [0.1, 0.15) is 5.75 Å². The molecule has 2 rings (SSSR count). The SMILES string of the molecule is CCNC(c1cc(Cl)ccc1OC)C1CCOCC1. The molecule has 4 heteroatoms. The summed E-state index contributed by atoms with van der Waals surface area (Å²) >= 11 is 6.15. The number of halogens is 1. The maximum atomic E-state index is 6.15. The van der Waals surface area contributed by atoms with E-state index in [1.807, 2.05) is 18.2 Å². The van der Waals surface area contributed by atoms with Crippen molar-refractivity contribution in [3.63, 3.8) is 0 Å². The topological polar surface area (TPSA) is 30.5 Å². The Balaban J connectivity index is 2.28. The average Bonchev–Trinajstić information content (AvgIpc) is 2.45. The van der Waals surface area contributed by atoms with Gasteiger partial charge in [-0.3, -0.25) is 0 Å². The van der Waals surface area contributed by atoms with Crippen molar-refractivity contribution in [2.75, 3.05) is 26.9 Å². The molecule has 0 aromatic heterocycles. The Hall–Kier alpha value is -0.770. The molecule has 3 nitrogen and oxygen atoms in total. The number of rotatable bonds is 5. The first-order valence-electron chi connectivity index (χ1n) is 6.90. The van der Waals surface area contributed by atoms with Crippen LogP contribution in [0, 0.1) is 5.92 Å². The van der Waals surface area contributed by atoms with Crippen LogP contribution in [-0.2, 0) is 4.74 Å². The van der Waals surface area contributed by atoms with E-state index in [4.69, 9.17) is 21.1 Å². The van der Waals surface area contributed by atoms with Crippen LogP contribution in [0.25, 0.3) is 0 Å². The van der Waals surface area contributed by atoms with E-state index in [1.165, 1.54) is 0 Å². The van der Waals surface area contributed by atoms with E-state index in [2.05, 4.69) is 12.2 Å². The molecule has 1 aliphatic heterocycles. The van der Waals surface area contributed by atoms with Crippen LogP contribution < -0.4 is 10.1 Å². The monoisotopic (exact) mass is 283 g/mol. The van der Waals surface area contributed by atoms with Gasteiger partial charge in [-0.25, -0.2) is 0 Å². The van der Waals surface area contributed by atoms with Gasteiger partial charge >= 0.3 is 0 Å². The molecule has 1 N–H and O–H groups in total. The van der Waals surface area contributed by atoms with Crippen LogP contribution in [0.4, 0.5) is 0 Å². The molecule has 0 saturated carbocycles. The molecular formula is C15H22ClNO2. The quantitative estimate of drug-likeness (QED) is 0.898. The highest BCUT2D eigenvalue weighted by Gasteiger charge is 2.27. The lowest BCUT2D eigenvalue weighted by Gasteiger charge is -2.32. The molecular weight excluding hydrogens is 262 g/mol. The van der Waals surface area contributed by atoms with E-state index in [-0.39, 0.29) is 6.04 Å². The summed E-state index contributed by atoms with van der Waals surface area (Å²) in [6.45, 7) is 4.74. The van der Waals surface area contributed by atoms with E-state index in [9.17, 15) is 0 Å². The fourth-order valence-corrected chi connectivity index (χ4v) is 2.93. The van der Waals surface area contributed by atoms with E-state index >= 15 is 0 Å². The predicted molar refractivity (Wildman–Crippen MR) is 78.0 cm³/mol. The summed E-state index contributed by atoms with van der Waals surface area (Å²) in [7, 11) is 1.71. The zero-order chi connectivity index (χ0) is 13.7. The van der Waals surface area contributed by atoms with Crippen LogP contribution in [0.5, 0.6) is 5.75 Å². The minimum Gasteiger partial charge on any atom is -0.496 e. The van der Waals surface area contributed by atoms with Crippen LogP contribution in [0.2, 0.25) is 5.02 Å². The van der Waals surface area contributed by atoms with Gasteiger partial charge in [-0.05, 0) is 43.5 Å². The van der Waals surface area contributed by atoms with Gasteiger partial charge in [0.05, 0.1) is 7.11 Å². The van der Waals surface area contributed by atoms with Crippen molar-refractivity contribution in [1.82, 2.24) is 5.32 Å². The van der Waals surface area contributed by atoms with Gasteiger partial charge in [0, 0.05) is 29.8 Å². The van der Waals surface area contributed by atoms with Gasteiger partial charge in [-0.15, -0.1) is 0 Å². The van der Waals surface area contributed by atoms with Gasteiger partial charge in [0.15, 0.2) is 0 Å². The van der Waals surface area contributed by atoms with Crippen LogP contribution >= 0.6 is 11.6 Å². The summed E-state index contributed by atoms with van der Waals surface area (Å²) in [5, 5.41) is 4.33. The molecule has 106 valence electrons. The number of nitrogens with one attached hydrogen (secondary N) is 1. The van der Waals surface area contributed by atoms with Crippen molar-refractivity contribution in [2.45, 2.75) is 25.8 Å². The molecule has 1 atom stereocenters. The fourth-order valence-electron chi connectivity index (χ4n) is 2.75. The molecule has 0 amide bonds. The summed E-state index contributed by atoms with van der Waals surface area (Å²) in [6.07, 6.45) is 2.15. The zero-order valence-electron chi connectivity index (χ0n) is 11.6. The summed E-state index contributed by atoms with van der Waals surface area (Å²) in [5.41, 5.74) is 1.16. The second-order valence-electron chi connectivity index (χ2n) is 4.87. The molecule has 1 aliphatic rings. The fraction of sp³-hybridized carbons (Fsp3) is 0.600. The molecule has 0 aliphatic carbocycles. The van der Waals surface area contributed by atoms with Gasteiger partial charge in [0.2, 0.25) is 0 Å².